The molecule has 108 valence electrons. The largest absolute Gasteiger partial charge is 0.383 e. The van der Waals surface area contributed by atoms with Gasteiger partial charge in [0.1, 0.15) is 5.15 Å². The Balaban J connectivity index is 2.83. The van der Waals surface area contributed by atoms with Crippen molar-refractivity contribution in [3.63, 3.8) is 0 Å². The van der Waals surface area contributed by atoms with Crippen LogP contribution in [0.5, 0.6) is 0 Å². The van der Waals surface area contributed by atoms with Gasteiger partial charge in [-0.1, -0.05) is 37.0 Å². The first-order valence-corrected chi connectivity index (χ1v) is 7.41. The van der Waals surface area contributed by atoms with E-state index in [2.05, 4.69) is 23.7 Å². The van der Waals surface area contributed by atoms with Gasteiger partial charge in [0.25, 0.3) is 0 Å². The van der Waals surface area contributed by atoms with Crippen LogP contribution in [-0.2, 0) is 11.3 Å². The minimum Gasteiger partial charge on any atom is -0.383 e. The van der Waals surface area contributed by atoms with Crippen molar-refractivity contribution in [2.75, 3.05) is 20.3 Å². The summed E-state index contributed by atoms with van der Waals surface area (Å²) in [4.78, 5) is 6.68. The van der Waals surface area contributed by atoms with Gasteiger partial charge >= 0.3 is 0 Å². The first-order chi connectivity index (χ1) is 9.12. The molecule has 0 unspecified atom stereocenters. The van der Waals surface area contributed by atoms with E-state index in [0.29, 0.717) is 29.4 Å². The molecule has 1 aromatic rings. The van der Waals surface area contributed by atoms with Crippen LogP contribution in [0.25, 0.3) is 0 Å². The standard InChI is InChI=1S/C14H22Cl2N2O/c1-4-11(5-2)18(8-9-19-3)10-13-12(15)6-7-14(16)17-13/h6-7,11H,4-5,8-10H2,1-3H3. The van der Waals surface area contributed by atoms with Crippen molar-refractivity contribution in [2.45, 2.75) is 39.3 Å². The van der Waals surface area contributed by atoms with E-state index in [4.69, 9.17) is 27.9 Å². The maximum Gasteiger partial charge on any atom is 0.129 e. The predicted octanol–water partition coefficient (Wildman–Crippen LogP) is 4.03. The van der Waals surface area contributed by atoms with Crippen LogP contribution in [0.1, 0.15) is 32.4 Å². The summed E-state index contributed by atoms with van der Waals surface area (Å²) in [5.41, 5.74) is 0.831. The van der Waals surface area contributed by atoms with Crippen LogP contribution in [0.3, 0.4) is 0 Å². The molecule has 1 heterocycles. The third-order valence-electron chi connectivity index (χ3n) is 3.28. The molecule has 0 aliphatic heterocycles. The van der Waals surface area contributed by atoms with Gasteiger partial charge in [0.05, 0.1) is 17.3 Å². The van der Waals surface area contributed by atoms with Gasteiger partial charge in [0.2, 0.25) is 0 Å². The molecule has 0 aliphatic carbocycles. The van der Waals surface area contributed by atoms with E-state index in [0.717, 1.165) is 25.1 Å². The second kappa shape index (κ2) is 8.75. The highest BCUT2D eigenvalue weighted by Crippen LogP contribution is 2.20. The fraction of sp³-hybridized carbons (Fsp3) is 0.643. The number of pyridine rings is 1. The maximum absolute atomic E-state index is 6.19. The summed E-state index contributed by atoms with van der Waals surface area (Å²) >= 11 is 12.1. The normalized spacial score (nSPS) is 11.5. The molecule has 0 N–H and O–H groups in total. The topological polar surface area (TPSA) is 25.4 Å². The Kier molecular flexibility index (Phi) is 7.69. The number of rotatable bonds is 8. The number of hydrogen-bond donors (Lipinski definition) is 0. The van der Waals surface area contributed by atoms with Crippen LogP contribution < -0.4 is 0 Å². The lowest BCUT2D eigenvalue weighted by molar-refractivity contribution is 0.109. The molecule has 0 aromatic carbocycles. The molecule has 0 radical (unpaired) electrons. The summed E-state index contributed by atoms with van der Waals surface area (Å²) in [7, 11) is 1.72. The van der Waals surface area contributed by atoms with Crippen molar-refractivity contribution in [3.05, 3.63) is 28.0 Å². The van der Waals surface area contributed by atoms with Gasteiger partial charge in [-0.25, -0.2) is 4.98 Å². The molecule has 5 heteroatoms. The van der Waals surface area contributed by atoms with Crippen molar-refractivity contribution >= 4 is 23.2 Å². The lowest BCUT2D eigenvalue weighted by Gasteiger charge is -2.30. The molecule has 0 bridgehead atoms. The van der Waals surface area contributed by atoms with Crippen LogP contribution in [0.4, 0.5) is 0 Å². The van der Waals surface area contributed by atoms with E-state index >= 15 is 0 Å². The first-order valence-electron chi connectivity index (χ1n) is 6.66. The third-order valence-corrected chi connectivity index (χ3v) is 3.83. The van der Waals surface area contributed by atoms with Gasteiger partial charge < -0.3 is 4.74 Å². The summed E-state index contributed by atoms with van der Waals surface area (Å²) in [5, 5.41) is 1.15. The quantitative estimate of drug-likeness (QED) is 0.678. The number of methoxy groups -OCH3 is 1. The van der Waals surface area contributed by atoms with Crippen molar-refractivity contribution in [1.29, 1.82) is 0 Å². The number of halogens is 2. The minimum absolute atomic E-state index is 0.482. The molecule has 0 fully saturated rings. The van der Waals surface area contributed by atoms with Crippen LogP contribution in [0.15, 0.2) is 12.1 Å². The van der Waals surface area contributed by atoms with Gasteiger partial charge in [0.15, 0.2) is 0 Å². The highest BCUT2D eigenvalue weighted by Gasteiger charge is 2.17. The molecule has 19 heavy (non-hydrogen) atoms. The molecule has 0 atom stereocenters. The van der Waals surface area contributed by atoms with Gasteiger partial charge in [-0.05, 0) is 25.0 Å². The Bertz CT molecular complexity index is 384. The number of ether oxygens (including phenoxy) is 1. The van der Waals surface area contributed by atoms with Crippen molar-refractivity contribution in [3.8, 4) is 0 Å². The molecule has 3 nitrogen and oxygen atoms in total. The Morgan fingerprint density at radius 3 is 2.53 bits per heavy atom. The lowest BCUT2D eigenvalue weighted by Crippen LogP contribution is -2.36. The predicted molar refractivity (Wildman–Crippen MR) is 80.9 cm³/mol. The van der Waals surface area contributed by atoms with E-state index in [1.165, 1.54) is 0 Å². The second-order valence-corrected chi connectivity index (χ2v) is 5.29. The molecule has 0 saturated carbocycles. The molecule has 1 aromatic heterocycles. The molecular weight excluding hydrogens is 283 g/mol. The minimum atomic E-state index is 0.482. The average molecular weight is 305 g/mol. The summed E-state index contributed by atoms with van der Waals surface area (Å²) in [6.07, 6.45) is 2.19. The molecule has 0 amide bonds. The SMILES string of the molecule is CCC(CC)N(CCOC)Cc1nc(Cl)ccc1Cl. The van der Waals surface area contributed by atoms with E-state index in [-0.39, 0.29) is 0 Å². The fourth-order valence-corrected chi connectivity index (χ4v) is 2.50. The zero-order valence-corrected chi connectivity index (χ0v) is 13.3. The Hall–Kier alpha value is -0.350. The van der Waals surface area contributed by atoms with Crippen LogP contribution >= 0.6 is 23.2 Å². The summed E-state index contributed by atoms with van der Waals surface area (Å²) in [6, 6.07) is 4.02. The Morgan fingerprint density at radius 1 is 1.26 bits per heavy atom. The van der Waals surface area contributed by atoms with Crippen LogP contribution in [0.2, 0.25) is 10.2 Å². The second-order valence-electron chi connectivity index (χ2n) is 4.50. The number of hydrogen-bond acceptors (Lipinski definition) is 3. The zero-order valence-electron chi connectivity index (χ0n) is 11.8. The smallest absolute Gasteiger partial charge is 0.129 e. The van der Waals surface area contributed by atoms with Gasteiger partial charge in [-0.3, -0.25) is 4.90 Å². The first kappa shape index (κ1) is 16.7. The average Bonchev–Trinajstić information content (AvgIpc) is 2.41. The molecule has 0 saturated heterocycles. The highest BCUT2D eigenvalue weighted by molar-refractivity contribution is 6.32. The molecule has 0 aliphatic rings. The molecular formula is C14H22Cl2N2O. The summed E-state index contributed by atoms with van der Waals surface area (Å²) in [6.45, 7) is 6.67. The number of nitrogens with zero attached hydrogens (tertiary/aromatic N) is 2. The van der Waals surface area contributed by atoms with Crippen molar-refractivity contribution in [1.82, 2.24) is 9.88 Å². The third kappa shape index (κ3) is 5.27. The van der Waals surface area contributed by atoms with E-state index in [1.807, 2.05) is 0 Å². The van der Waals surface area contributed by atoms with E-state index < -0.39 is 0 Å². The fourth-order valence-electron chi connectivity index (χ4n) is 2.17. The van der Waals surface area contributed by atoms with Gasteiger partial charge in [-0.2, -0.15) is 0 Å². The molecule has 1 rings (SSSR count). The maximum atomic E-state index is 6.19. The zero-order chi connectivity index (χ0) is 14.3. The monoisotopic (exact) mass is 304 g/mol. The summed E-state index contributed by atoms with van der Waals surface area (Å²) < 4.78 is 5.18. The highest BCUT2D eigenvalue weighted by atomic mass is 35.5. The Labute approximate surface area is 125 Å². The van der Waals surface area contributed by atoms with Crippen molar-refractivity contribution < 1.29 is 4.74 Å². The summed E-state index contributed by atoms with van der Waals surface area (Å²) in [5.74, 6) is 0. The van der Waals surface area contributed by atoms with Gasteiger partial charge in [-0.15, -0.1) is 0 Å². The molecule has 0 spiro atoms. The van der Waals surface area contributed by atoms with Gasteiger partial charge in [0, 0.05) is 26.2 Å². The van der Waals surface area contributed by atoms with Crippen LogP contribution in [-0.4, -0.2) is 36.2 Å². The van der Waals surface area contributed by atoms with Crippen LogP contribution in [0, 0.1) is 0 Å². The number of aromatic nitrogens is 1. The van der Waals surface area contributed by atoms with Crippen molar-refractivity contribution in [2.24, 2.45) is 0 Å². The van der Waals surface area contributed by atoms with E-state index in [9.17, 15) is 0 Å². The lowest BCUT2D eigenvalue weighted by atomic mass is 10.1. The Morgan fingerprint density at radius 2 is 1.95 bits per heavy atom. The van der Waals surface area contributed by atoms with E-state index in [1.54, 1.807) is 19.2 Å².